The zero-order valence-corrected chi connectivity index (χ0v) is 66.4. The highest BCUT2D eigenvalue weighted by Gasteiger charge is 2.25. The molecule has 0 radical (unpaired) electrons. The van der Waals surface area contributed by atoms with E-state index in [9.17, 15) is 19.5 Å². The number of esters is 2. The molecule has 0 amide bonds. The fourth-order valence-electron chi connectivity index (χ4n) is 12.9. The molecule has 99 heavy (non-hydrogen) atoms. The monoisotopic (exact) mass is 1390 g/mol. The van der Waals surface area contributed by atoms with Crippen LogP contribution >= 0.6 is 0 Å². The Balaban J connectivity index is 3.94. The van der Waals surface area contributed by atoms with Crippen molar-refractivity contribution in [2.45, 2.75) is 437 Å². The molecule has 9 heteroatoms. The van der Waals surface area contributed by atoms with Crippen molar-refractivity contribution in [2.75, 3.05) is 47.5 Å². The van der Waals surface area contributed by atoms with Crippen LogP contribution in [0, 0.1) is 0 Å². The number of quaternary nitrogens is 1. The van der Waals surface area contributed by atoms with Crippen molar-refractivity contribution in [1.29, 1.82) is 0 Å². The van der Waals surface area contributed by atoms with E-state index in [1.807, 2.05) is 21.1 Å². The summed E-state index contributed by atoms with van der Waals surface area (Å²) in [5.74, 6) is -1.97. The fourth-order valence-corrected chi connectivity index (χ4v) is 12.9. The highest BCUT2D eigenvalue weighted by atomic mass is 16.7. The molecule has 0 saturated carbocycles. The standard InChI is InChI=1S/C90H165NO8/c1-6-8-10-12-14-16-18-20-22-24-26-28-30-32-34-36-38-40-42-44-46-48-50-52-54-56-58-60-62-64-66-68-70-72-74-76-78-80-87(92)97-84-86(85-98-90(89(94)95)96-83-82-91(3,4)5)99-88(93)81-79-77-75-73-71-69-67-65-63-61-59-57-55-53-51-49-47-45-43-41-39-37-35-33-31-29-27-25-23-21-19-17-15-13-11-9-7-2/h18-21,24-27,30-33,86,90H,6-17,22-23,28-29,34-85H2,1-5H3/p+1/b20-18-,21-19-,26-24-,27-25-,32-30-,33-31-. The van der Waals surface area contributed by atoms with E-state index in [1.165, 1.54) is 334 Å². The number of unbranched alkanes of at least 4 members (excludes halogenated alkanes) is 54. The molecule has 0 aliphatic rings. The third-order valence-corrected chi connectivity index (χ3v) is 19.4. The first-order valence-corrected chi connectivity index (χ1v) is 43.1. The summed E-state index contributed by atoms with van der Waals surface area (Å²) >= 11 is 0. The van der Waals surface area contributed by atoms with Gasteiger partial charge in [-0.25, -0.2) is 4.79 Å². The third-order valence-electron chi connectivity index (χ3n) is 19.4. The van der Waals surface area contributed by atoms with Crippen LogP contribution < -0.4 is 0 Å². The molecule has 0 fully saturated rings. The quantitative estimate of drug-likeness (QED) is 0.0211. The topological polar surface area (TPSA) is 108 Å². The summed E-state index contributed by atoms with van der Waals surface area (Å²) in [6.07, 6.45) is 107. The van der Waals surface area contributed by atoms with Gasteiger partial charge in [-0.3, -0.25) is 9.59 Å². The van der Waals surface area contributed by atoms with Gasteiger partial charge in [0.25, 0.3) is 6.29 Å². The number of rotatable bonds is 81. The average Bonchev–Trinajstić information content (AvgIpc) is 1.41. The summed E-state index contributed by atoms with van der Waals surface area (Å²) in [7, 11) is 6.00. The normalized spacial score (nSPS) is 12.9. The third kappa shape index (κ3) is 81.9. The molecule has 1 N–H and O–H groups in total. The van der Waals surface area contributed by atoms with Gasteiger partial charge < -0.3 is 28.5 Å². The molecule has 0 aromatic rings. The van der Waals surface area contributed by atoms with Crippen molar-refractivity contribution in [3.8, 4) is 0 Å². The molecular weight excluding hydrogens is 1220 g/mol. The maximum absolute atomic E-state index is 13.0. The van der Waals surface area contributed by atoms with Gasteiger partial charge in [-0.2, -0.15) is 0 Å². The van der Waals surface area contributed by atoms with Crippen molar-refractivity contribution < 1.29 is 42.9 Å². The number of carboxylic acids is 1. The van der Waals surface area contributed by atoms with Crippen LogP contribution in [0.5, 0.6) is 0 Å². The minimum Gasteiger partial charge on any atom is -0.477 e. The largest absolute Gasteiger partial charge is 0.477 e. The van der Waals surface area contributed by atoms with Crippen molar-refractivity contribution in [1.82, 2.24) is 0 Å². The van der Waals surface area contributed by atoms with E-state index in [-0.39, 0.29) is 38.2 Å². The van der Waals surface area contributed by atoms with E-state index in [0.29, 0.717) is 17.4 Å². The minimum absolute atomic E-state index is 0.177. The van der Waals surface area contributed by atoms with Crippen LogP contribution in [0.2, 0.25) is 0 Å². The molecule has 0 aromatic carbocycles. The molecular formula is C90H166NO8+. The predicted molar refractivity (Wildman–Crippen MR) is 429 cm³/mol. The highest BCUT2D eigenvalue weighted by molar-refractivity contribution is 5.71. The number of hydrogen-bond donors (Lipinski definition) is 1. The lowest BCUT2D eigenvalue weighted by atomic mass is 10.0. The van der Waals surface area contributed by atoms with E-state index in [0.717, 1.165) is 64.2 Å². The van der Waals surface area contributed by atoms with Crippen LogP contribution in [-0.4, -0.2) is 87.4 Å². The van der Waals surface area contributed by atoms with Gasteiger partial charge in [-0.05, 0) is 89.9 Å². The summed E-state index contributed by atoms with van der Waals surface area (Å²) in [5, 5.41) is 9.79. The van der Waals surface area contributed by atoms with Crippen LogP contribution in [0.4, 0.5) is 0 Å². The van der Waals surface area contributed by atoms with Gasteiger partial charge >= 0.3 is 17.9 Å². The second kappa shape index (κ2) is 80.4. The van der Waals surface area contributed by atoms with E-state index in [1.54, 1.807) is 0 Å². The van der Waals surface area contributed by atoms with Gasteiger partial charge in [0.2, 0.25) is 0 Å². The van der Waals surface area contributed by atoms with Gasteiger partial charge in [-0.1, -0.05) is 395 Å². The van der Waals surface area contributed by atoms with Crippen LogP contribution in [0.1, 0.15) is 425 Å². The van der Waals surface area contributed by atoms with Crippen molar-refractivity contribution in [3.05, 3.63) is 72.9 Å². The second-order valence-electron chi connectivity index (χ2n) is 30.5. The summed E-state index contributed by atoms with van der Waals surface area (Å²) in [5.41, 5.74) is 0. The molecule has 2 atom stereocenters. The van der Waals surface area contributed by atoms with Crippen molar-refractivity contribution in [2.24, 2.45) is 0 Å². The number of allylic oxidation sites excluding steroid dienone is 12. The predicted octanol–water partition coefficient (Wildman–Crippen LogP) is 27.9. The molecule has 0 aliphatic heterocycles. The first-order valence-electron chi connectivity index (χ1n) is 43.1. The van der Waals surface area contributed by atoms with Gasteiger partial charge in [0, 0.05) is 12.8 Å². The summed E-state index contributed by atoms with van der Waals surface area (Å²) < 4.78 is 23.1. The molecule has 0 bridgehead atoms. The maximum Gasteiger partial charge on any atom is 0.361 e. The SMILES string of the molecule is CCCCCCC/C=C\C/C=C\C/C=C\CCCCCCCCCCCCCCCCCCCCCCCCC(=O)OCC(COC(OCC[N+](C)(C)C)C(=O)O)OC(=O)CCCCCCCCCCCCCCCCCCCCCCCC/C=C\C/C=C\C/C=C\CCCCCCC. The summed E-state index contributed by atoms with van der Waals surface area (Å²) in [4.78, 5) is 37.8. The van der Waals surface area contributed by atoms with Gasteiger partial charge in [0.05, 0.1) is 34.4 Å². The van der Waals surface area contributed by atoms with E-state index < -0.39 is 18.4 Å². The number of aliphatic carboxylic acids is 1. The van der Waals surface area contributed by atoms with Crippen LogP contribution in [0.15, 0.2) is 72.9 Å². The second-order valence-corrected chi connectivity index (χ2v) is 30.5. The van der Waals surface area contributed by atoms with Crippen molar-refractivity contribution in [3.63, 3.8) is 0 Å². The van der Waals surface area contributed by atoms with Crippen LogP contribution in [-0.2, 0) is 33.3 Å². The molecule has 2 unspecified atom stereocenters. The molecule has 0 aliphatic carbocycles. The number of likely N-dealkylation sites (N-methyl/N-ethyl adjacent to an activating group) is 1. The first kappa shape index (κ1) is 95.7. The molecule has 0 heterocycles. The van der Waals surface area contributed by atoms with E-state index in [4.69, 9.17) is 18.9 Å². The molecule has 0 saturated heterocycles. The number of hydrogen-bond acceptors (Lipinski definition) is 7. The Labute approximate surface area is 615 Å². The Bertz CT molecular complexity index is 1860. The first-order chi connectivity index (χ1) is 48.6. The zero-order chi connectivity index (χ0) is 71.8. The number of carboxylic acid groups (broad SMARTS) is 1. The van der Waals surface area contributed by atoms with E-state index >= 15 is 0 Å². The fraction of sp³-hybridized carbons (Fsp3) is 0.833. The Morgan fingerprint density at radius 1 is 0.303 bits per heavy atom. The number of carbonyl (C=O) groups excluding carboxylic acids is 2. The van der Waals surface area contributed by atoms with E-state index in [2.05, 4.69) is 86.8 Å². The lowest BCUT2D eigenvalue weighted by Gasteiger charge is -2.25. The Morgan fingerprint density at radius 2 is 0.545 bits per heavy atom. The van der Waals surface area contributed by atoms with Crippen LogP contribution in [0.3, 0.4) is 0 Å². The lowest BCUT2D eigenvalue weighted by molar-refractivity contribution is -0.870. The summed E-state index contributed by atoms with van der Waals surface area (Å²) in [6.45, 7) is 4.92. The Hall–Kier alpha value is -3.27. The van der Waals surface area contributed by atoms with Crippen molar-refractivity contribution >= 4 is 17.9 Å². The van der Waals surface area contributed by atoms with Gasteiger partial charge in [-0.15, -0.1) is 0 Å². The average molecular weight is 1390 g/mol. The zero-order valence-electron chi connectivity index (χ0n) is 66.4. The molecule has 0 rings (SSSR count). The highest BCUT2D eigenvalue weighted by Crippen LogP contribution is 2.20. The summed E-state index contributed by atoms with van der Waals surface area (Å²) in [6, 6.07) is 0. The maximum atomic E-state index is 13.0. The van der Waals surface area contributed by atoms with Gasteiger partial charge in [0.1, 0.15) is 13.2 Å². The molecule has 0 aromatic heterocycles. The molecule has 9 nitrogen and oxygen atoms in total. The smallest absolute Gasteiger partial charge is 0.361 e. The minimum atomic E-state index is -1.51. The van der Waals surface area contributed by atoms with Crippen LogP contribution in [0.25, 0.3) is 0 Å². The lowest BCUT2D eigenvalue weighted by Crippen LogP contribution is -2.40. The number of nitrogens with zero attached hydrogens (tertiary/aromatic N) is 1. The Morgan fingerprint density at radius 3 is 0.808 bits per heavy atom. The molecule has 0 spiro atoms. The number of ether oxygens (including phenoxy) is 4. The Kier molecular flexibility index (Phi) is 77.8. The van der Waals surface area contributed by atoms with Gasteiger partial charge in [0.15, 0.2) is 6.10 Å². The number of carbonyl (C=O) groups is 3. The molecule has 578 valence electrons.